The highest BCUT2D eigenvalue weighted by Crippen LogP contribution is 2.10. The molecule has 1 aromatic rings. The van der Waals surface area contributed by atoms with E-state index in [1.165, 1.54) is 16.3 Å². The van der Waals surface area contributed by atoms with Gasteiger partial charge in [0, 0.05) is 26.7 Å². The standard InChI is InChI=1S/C14H23N5O3S/c1-5-8-11-17(4)23(21,22)13-15-12-19(16-13)14(20)18(9-6-2)10-7-3/h6-7,12H,2-3,5,8-11H2,1,4H3. The van der Waals surface area contributed by atoms with Crippen LogP contribution in [0.5, 0.6) is 0 Å². The fourth-order valence-electron chi connectivity index (χ4n) is 1.79. The Bertz CT molecular complexity index is 643. The number of carbonyl (C=O) groups excluding carboxylic acids is 1. The molecule has 0 aliphatic carbocycles. The van der Waals surface area contributed by atoms with Crippen molar-refractivity contribution in [3.05, 3.63) is 31.6 Å². The minimum atomic E-state index is -3.79. The molecule has 0 radical (unpaired) electrons. The Labute approximate surface area is 137 Å². The second-order valence-corrected chi connectivity index (χ2v) is 6.86. The topological polar surface area (TPSA) is 88.4 Å². The van der Waals surface area contributed by atoms with E-state index in [1.54, 1.807) is 12.2 Å². The van der Waals surface area contributed by atoms with Gasteiger partial charge in [-0.1, -0.05) is 25.5 Å². The molecule has 0 spiro atoms. The SMILES string of the molecule is C=CCN(CC=C)C(=O)n1cnc(S(=O)(=O)N(C)CCCC)n1. The molecule has 23 heavy (non-hydrogen) atoms. The quantitative estimate of drug-likeness (QED) is 0.633. The second kappa shape index (κ2) is 8.59. The van der Waals surface area contributed by atoms with Crippen molar-refractivity contribution in [3.63, 3.8) is 0 Å². The summed E-state index contributed by atoms with van der Waals surface area (Å²) in [5.41, 5.74) is 0. The van der Waals surface area contributed by atoms with E-state index >= 15 is 0 Å². The second-order valence-electron chi connectivity index (χ2n) is 4.92. The highest BCUT2D eigenvalue weighted by molar-refractivity contribution is 7.88. The first kappa shape index (κ1) is 19.0. The highest BCUT2D eigenvalue weighted by Gasteiger charge is 2.26. The molecule has 0 unspecified atom stereocenters. The summed E-state index contributed by atoms with van der Waals surface area (Å²) in [7, 11) is -2.33. The maximum Gasteiger partial charge on any atom is 0.346 e. The average molecular weight is 341 g/mol. The van der Waals surface area contributed by atoms with Crippen LogP contribution < -0.4 is 0 Å². The van der Waals surface area contributed by atoms with Gasteiger partial charge in [0.25, 0.3) is 15.2 Å². The summed E-state index contributed by atoms with van der Waals surface area (Å²) in [6.45, 7) is 10.1. The van der Waals surface area contributed by atoms with Crippen molar-refractivity contribution in [3.8, 4) is 0 Å². The smallest absolute Gasteiger partial charge is 0.315 e. The van der Waals surface area contributed by atoms with Crippen molar-refractivity contribution in [1.29, 1.82) is 0 Å². The van der Waals surface area contributed by atoms with Crippen molar-refractivity contribution in [1.82, 2.24) is 24.0 Å². The lowest BCUT2D eigenvalue weighted by Gasteiger charge is -2.18. The summed E-state index contributed by atoms with van der Waals surface area (Å²) in [5, 5.41) is 3.43. The van der Waals surface area contributed by atoms with E-state index in [4.69, 9.17) is 0 Å². The molecular formula is C14H23N5O3S. The molecule has 0 aliphatic heterocycles. The molecule has 0 aliphatic rings. The van der Waals surface area contributed by atoms with E-state index in [0.717, 1.165) is 23.9 Å². The van der Waals surface area contributed by atoms with Crippen molar-refractivity contribution in [2.24, 2.45) is 0 Å². The summed E-state index contributed by atoms with van der Waals surface area (Å²) >= 11 is 0. The summed E-state index contributed by atoms with van der Waals surface area (Å²) in [5.74, 6) is 0. The number of amides is 1. The molecule has 1 rings (SSSR count). The van der Waals surface area contributed by atoms with Crippen LogP contribution in [0.4, 0.5) is 4.79 Å². The third-order valence-electron chi connectivity index (χ3n) is 3.10. The van der Waals surface area contributed by atoms with Crippen LogP contribution >= 0.6 is 0 Å². The molecule has 0 aromatic carbocycles. The molecule has 9 heteroatoms. The molecule has 0 atom stereocenters. The van der Waals surface area contributed by atoms with E-state index in [1.807, 2.05) is 6.92 Å². The summed E-state index contributed by atoms with van der Waals surface area (Å²) in [6.07, 6.45) is 5.84. The molecule has 1 heterocycles. The van der Waals surface area contributed by atoms with Gasteiger partial charge in [0.2, 0.25) is 0 Å². The van der Waals surface area contributed by atoms with Gasteiger partial charge in [-0.2, -0.15) is 8.99 Å². The van der Waals surface area contributed by atoms with Gasteiger partial charge in [-0.25, -0.2) is 18.2 Å². The first-order valence-electron chi connectivity index (χ1n) is 7.27. The molecule has 0 saturated carbocycles. The van der Waals surface area contributed by atoms with Crippen LogP contribution in [0.3, 0.4) is 0 Å². The first-order chi connectivity index (χ1) is 10.9. The number of nitrogens with zero attached hydrogens (tertiary/aromatic N) is 5. The van der Waals surface area contributed by atoms with E-state index in [2.05, 4.69) is 23.2 Å². The van der Waals surface area contributed by atoms with Crippen LogP contribution in [0.15, 0.2) is 36.8 Å². The molecule has 1 amide bonds. The number of hydrogen-bond donors (Lipinski definition) is 0. The number of sulfonamides is 1. The van der Waals surface area contributed by atoms with Gasteiger partial charge in [-0.15, -0.1) is 18.3 Å². The van der Waals surface area contributed by atoms with Crippen LogP contribution in [0, 0.1) is 0 Å². The van der Waals surface area contributed by atoms with Gasteiger partial charge in [-0.3, -0.25) is 0 Å². The maximum atomic E-state index is 12.3. The summed E-state index contributed by atoms with van der Waals surface area (Å²) in [4.78, 5) is 17.5. The number of carbonyl (C=O) groups is 1. The molecule has 0 N–H and O–H groups in total. The van der Waals surface area contributed by atoms with E-state index in [-0.39, 0.29) is 5.16 Å². The average Bonchev–Trinajstić information content (AvgIpc) is 3.02. The number of aromatic nitrogens is 3. The van der Waals surface area contributed by atoms with Crippen LogP contribution in [0.25, 0.3) is 0 Å². The predicted molar refractivity (Wildman–Crippen MR) is 87.5 cm³/mol. The van der Waals surface area contributed by atoms with Crippen molar-refractivity contribution in [2.75, 3.05) is 26.7 Å². The van der Waals surface area contributed by atoms with Gasteiger partial charge in [0.15, 0.2) is 0 Å². The zero-order valence-electron chi connectivity index (χ0n) is 13.6. The molecule has 0 fully saturated rings. The summed E-state index contributed by atoms with van der Waals surface area (Å²) < 4.78 is 26.7. The number of hydrogen-bond acceptors (Lipinski definition) is 5. The third kappa shape index (κ3) is 4.73. The van der Waals surface area contributed by atoms with Crippen LogP contribution in [0.1, 0.15) is 19.8 Å². The zero-order valence-corrected chi connectivity index (χ0v) is 14.4. The predicted octanol–water partition coefficient (Wildman–Crippen LogP) is 1.34. The van der Waals surface area contributed by atoms with Crippen LogP contribution in [-0.2, 0) is 10.0 Å². The van der Waals surface area contributed by atoms with Gasteiger partial charge >= 0.3 is 6.03 Å². The van der Waals surface area contributed by atoms with Gasteiger partial charge in [-0.05, 0) is 6.42 Å². The normalized spacial score (nSPS) is 11.4. The Balaban J connectivity index is 2.97. The number of rotatable bonds is 9. The molecule has 8 nitrogen and oxygen atoms in total. The van der Waals surface area contributed by atoms with Gasteiger partial charge < -0.3 is 4.90 Å². The Morgan fingerprint density at radius 3 is 2.48 bits per heavy atom. The minimum absolute atomic E-state index is 0.295. The highest BCUT2D eigenvalue weighted by atomic mass is 32.2. The number of unbranched alkanes of at least 4 members (excludes halogenated alkanes) is 1. The minimum Gasteiger partial charge on any atom is -0.315 e. The lowest BCUT2D eigenvalue weighted by atomic mass is 10.3. The lowest BCUT2D eigenvalue weighted by Crippen LogP contribution is -2.35. The zero-order chi connectivity index (χ0) is 17.5. The largest absolute Gasteiger partial charge is 0.346 e. The molecule has 0 bridgehead atoms. The molecule has 0 saturated heterocycles. The molecule has 128 valence electrons. The lowest BCUT2D eigenvalue weighted by molar-refractivity contribution is 0.206. The first-order valence-corrected chi connectivity index (χ1v) is 8.71. The van der Waals surface area contributed by atoms with Crippen molar-refractivity contribution in [2.45, 2.75) is 24.9 Å². The molecule has 1 aromatic heterocycles. The fraction of sp³-hybridized carbons (Fsp3) is 0.500. The Morgan fingerprint density at radius 1 is 1.35 bits per heavy atom. The molecular weight excluding hydrogens is 318 g/mol. The maximum absolute atomic E-state index is 12.3. The van der Waals surface area contributed by atoms with Gasteiger partial charge in [0.1, 0.15) is 6.33 Å². The fourth-order valence-corrected chi connectivity index (χ4v) is 2.81. The third-order valence-corrected chi connectivity index (χ3v) is 4.76. The van der Waals surface area contributed by atoms with Crippen molar-refractivity contribution >= 4 is 16.1 Å². The van der Waals surface area contributed by atoms with E-state index < -0.39 is 16.1 Å². The van der Waals surface area contributed by atoms with Crippen molar-refractivity contribution < 1.29 is 13.2 Å². The van der Waals surface area contributed by atoms with Gasteiger partial charge in [0.05, 0.1) is 0 Å². The Kier molecular flexibility index (Phi) is 7.11. The van der Waals surface area contributed by atoms with Crippen LogP contribution in [0.2, 0.25) is 0 Å². The van der Waals surface area contributed by atoms with E-state index in [0.29, 0.717) is 19.6 Å². The van der Waals surface area contributed by atoms with Crippen LogP contribution in [-0.4, -0.2) is 65.1 Å². The Morgan fingerprint density at radius 2 is 1.96 bits per heavy atom. The monoisotopic (exact) mass is 341 g/mol. The summed E-state index contributed by atoms with van der Waals surface area (Å²) in [6, 6.07) is -0.491. The van der Waals surface area contributed by atoms with E-state index in [9.17, 15) is 13.2 Å². The Hall–Kier alpha value is -2.00.